The zero-order valence-electron chi connectivity index (χ0n) is 31.6. The molecular formula is C38H70F2O5S. The number of alkyl halides is 2. The van der Waals surface area contributed by atoms with Crippen LogP contribution < -0.4 is 0 Å². The normalized spacial score (nSPS) is 33.9. The number of carbonyl (C=O) groups is 3. The van der Waals surface area contributed by atoms with Crippen LogP contribution in [0, 0.1) is 40.4 Å². The van der Waals surface area contributed by atoms with Crippen molar-refractivity contribution in [2.24, 2.45) is 40.4 Å². The Morgan fingerprint density at radius 2 is 1.50 bits per heavy atom. The lowest BCUT2D eigenvalue weighted by Gasteiger charge is -2.62. The second-order valence-corrected chi connectivity index (χ2v) is 13.0. The summed E-state index contributed by atoms with van der Waals surface area (Å²) >= 11 is 3.33. The van der Waals surface area contributed by atoms with Crippen LogP contribution in [0.25, 0.3) is 0 Å². The zero-order chi connectivity index (χ0) is 37.6. The van der Waals surface area contributed by atoms with Crippen molar-refractivity contribution in [2.45, 2.75) is 140 Å². The van der Waals surface area contributed by atoms with Gasteiger partial charge in [-0.2, -0.15) is 0 Å². The van der Waals surface area contributed by atoms with Crippen LogP contribution >= 0.6 is 12.6 Å². The van der Waals surface area contributed by atoms with Crippen molar-refractivity contribution in [1.82, 2.24) is 0 Å². The molecule has 272 valence electrons. The van der Waals surface area contributed by atoms with E-state index in [-0.39, 0.29) is 46.1 Å². The Bertz CT molecular complexity index is 919. The largest absolute Gasteiger partial charge is 0.400 e. The second-order valence-electron chi connectivity index (χ2n) is 12.4. The maximum Gasteiger partial charge on any atom is 0.182 e. The molecule has 0 spiro atoms. The van der Waals surface area contributed by atoms with Gasteiger partial charge in [0.15, 0.2) is 16.6 Å². The number of ketones is 1. The van der Waals surface area contributed by atoms with Gasteiger partial charge in [0.05, 0.1) is 6.10 Å². The number of hydrogen-bond donors (Lipinski definition) is 3. The fraction of sp³-hybridized carbons (Fsp3) is 0.763. The monoisotopic (exact) mass is 676 g/mol. The molecule has 0 bridgehead atoms. The van der Waals surface area contributed by atoms with Crippen LogP contribution in [-0.4, -0.2) is 53.0 Å². The highest BCUT2D eigenvalue weighted by Gasteiger charge is 2.72. The van der Waals surface area contributed by atoms with Gasteiger partial charge >= 0.3 is 0 Å². The van der Waals surface area contributed by atoms with Crippen molar-refractivity contribution in [2.75, 3.05) is 7.11 Å². The van der Waals surface area contributed by atoms with Gasteiger partial charge in [-0.1, -0.05) is 101 Å². The summed E-state index contributed by atoms with van der Waals surface area (Å²) in [5.41, 5.74) is -3.28. The number of allylic oxidation sites excluding steroid dienone is 5. The van der Waals surface area contributed by atoms with Crippen molar-refractivity contribution in [3.63, 3.8) is 0 Å². The molecule has 4 rings (SSSR count). The molecule has 0 heterocycles. The molecule has 0 amide bonds. The SMILES string of the molecule is C=C[C@@H]1CC2C3C[C@H](F)C4=CC(=O)C=CC4(C)[C@@]3(F)C(O)CC2(C)C1C.C=O.CC.CC.CC(=O)S.CCC.CCC(C)C.CO. The predicted molar refractivity (Wildman–Crippen MR) is 196 cm³/mol. The maximum atomic E-state index is 16.8. The molecule has 46 heavy (non-hydrogen) atoms. The lowest BCUT2D eigenvalue weighted by atomic mass is 9.45. The smallest absolute Gasteiger partial charge is 0.182 e. The Labute approximate surface area is 287 Å². The Morgan fingerprint density at radius 1 is 1.09 bits per heavy atom. The third-order valence-electron chi connectivity index (χ3n) is 9.39. The van der Waals surface area contributed by atoms with E-state index in [2.05, 4.69) is 67.7 Å². The molecule has 5 nitrogen and oxygen atoms in total. The van der Waals surface area contributed by atoms with Gasteiger partial charge in [0.25, 0.3) is 0 Å². The van der Waals surface area contributed by atoms with Gasteiger partial charge in [-0.25, -0.2) is 8.78 Å². The van der Waals surface area contributed by atoms with Crippen LogP contribution in [0.15, 0.2) is 36.5 Å². The minimum Gasteiger partial charge on any atom is -0.400 e. The van der Waals surface area contributed by atoms with E-state index >= 15 is 8.78 Å². The standard InChI is InChI=1S/C22H28F2O2.C5H12.C3H8.C2H4OS.2C2H6.CH4O.CH2O/c1-5-13-8-15-16-10-18(23)17-9-14(25)6-7-21(17,4)22(16,24)19(26)11-20(15,3)12(13)2;1-4-5(2)3;1-3-2;1-2(3)4;4*1-2/h5-7,9,12-13,15-16,18-19,26H,1,8,10-11H2,2-4H3;5H,4H2,1-3H3;3H2,1-2H3;1H3,(H,3,4);2*1-2H3;2H,1H3;1H2/t12?,13-,15?,16?,18+,19?,20?,21?,22+;;;;;;;/m1......./s1. The first-order valence-electron chi connectivity index (χ1n) is 17.0. The van der Waals surface area contributed by atoms with Gasteiger partial charge < -0.3 is 15.0 Å². The van der Waals surface area contributed by atoms with E-state index in [1.54, 1.807) is 6.92 Å². The first-order valence-corrected chi connectivity index (χ1v) is 17.5. The highest BCUT2D eigenvalue weighted by atomic mass is 32.1. The Hall–Kier alpha value is -1.64. The van der Waals surface area contributed by atoms with Crippen LogP contribution in [0.3, 0.4) is 0 Å². The molecule has 6 unspecified atom stereocenters. The molecule has 0 aromatic rings. The summed E-state index contributed by atoms with van der Waals surface area (Å²) < 4.78 is 31.9. The lowest BCUT2D eigenvalue weighted by molar-refractivity contribution is -0.200. The Balaban J connectivity index is -0.000000369. The summed E-state index contributed by atoms with van der Waals surface area (Å²) in [5.74, 6) is 0.532. The van der Waals surface area contributed by atoms with E-state index in [0.717, 1.165) is 19.4 Å². The molecule has 2 N–H and O–H groups in total. The summed E-state index contributed by atoms with van der Waals surface area (Å²) in [6.07, 6.45) is 7.20. The first kappa shape index (κ1) is 51.2. The van der Waals surface area contributed by atoms with Crippen molar-refractivity contribution >= 4 is 30.3 Å². The van der Waals surface area contributed by atoms with Crippen molar-refractivity contribution < 1.29 is 33.4 Å². The van der Waals surface area contributed by atoms with Crippen molar-refractivity contribution in [3.8, 4) is 0 Å². The molecule has 0 aromatic heterocycles. The quantitative estimate of drug-likeness (QED) is 0.200. The lowest BCUT2D eigenvalue weighted by Crippen LogP contribution is -2.68. The van der Waals surface area contributed by atoms with Crippen LogP contribution in [0.1, 0.15) is 122 Å². The Kier molecular flexibility index (Phi) is 28.3. The highest BCUT2D eigenvalue weighted by Crippen LogP contribution is 2.70. The van der Waals surface area contributed by atoms with Gasteiger partial charge in [-0.15, -0.1) is 19.2 Å². The van der Waals surface area contributed by atoms with Gasteiger partial charge in [0.2, 0.25) is 0 Å². The summed E-state index contributed by atoms with van der Waals surface area (Å²) in [6.45, 7) is 32.1. The molecule has 3 saturated carbocycles. The average molecular weight is 677 g/mol. The van der Waals surface area contributed by atoms with E-state index in [1.807, 2.05) is 40.6 Å². The van der Waals surface area contributed by atoms with Crippen LogP contribution in [-0.2, 0) is 14.4 Å². The first-order chi connectivity index (χ1) is 21.5. The molecule has 4 aliphatic carbocycles. The van der Waals surface area contributed by atoms with Crippen LogP contribution in [0.4, 0.5) is 8.78 Å². The fourth-order valence-electron chi connectivity index (χ4n) is 6.84. The Morgan fingerprint density at radius 3 is 1.87 bits per heavy atom. The molecule has 4 aliphatic rings. The second kappa shape index (κ2) is 25.4. The fourth-order valence-corrected chi connectivity index (χ4v) is 6.84. The molecule has 0 radical (unpaired) electrons. The van der Waals surface area contributed by atoms with E-state index in [1.165, 1.54) is 38.0 Å². The van der Waals surface area contributed by atoms with E-state index in [9.17, 15) is 14.7 Å². The summed E-state index contributed by atoms with van der Waals surface area (Å²) in [7, 11) is 1.00. The van der Waals surface area contributed by atoms with Gasteiger partial charge in [0, 0.05) is 25.4 Å². The van der Waals surface area contributed by atoms with Gasteiger partial charge in [-0.3, -0.25) is 9.59 Å². The molecule has 3 fully saturated rings. The number of rotatable bonds is 2. The number of hydrogen-bond acceptors (Lipinski definition) is 5. The van der Waals surface area contributed by atoms with Gasteiger partial charge in [0.1, 0.15) is 13.0 Å². The van der Waals surface area contributed by atoms with Crippen molar-refractivity contribution in [1.29, 1.82) is 0 Å². The van der Waals surface area contributed by atoms with E-state index < -0.39 is 29.3 Å². The molecular weight excluding hydrogens is 606 g/mol. The average Bonchev–Trinajstić information content (AvgIpc) is 3.29. The topological polar surface area (TPSA) is 91.7 Å². The minimum atomic E-state index is -1.96. The molecule has 9 atom stereocenters. The zero-order valence-corrected chi connectivity index (χ0v) is 32.5. The summed E-state index contributed by atoms with van der Waals surface area (Å²) in [4.78, 5) is 29.1. The minimum absolute atomic E-state index is 0.00319. The number of carbonyl (C=O) groups excluding carboxylic acids is 3. The third-order valence-corrected chi connectivity index (χ3v) is 9.39. The third kappa shape index (κ3) is 12.4. The number of thiol groups is 1. The number of fused-ring (bicyclic) bond motifs is 5. The van der Waals surface area contributed by atoms with Crippen LogP contribution in [0.2, 0.25) is 0 Å². The number of aliphatic hydroxyl groups is 2. The maximum absolute atomic E-state index is 16.8. The highest BCUT2D eigenvalue weighted by molar-refractivity contribution is 7.96. The predicted octanol–water partition coefficient (Wildman–Crippen LogP) is 9.76. The summed E-state index contributed by atoms with van der Waals surface area (Å²) in [5, 5.41) is 17.9. The summed E-state index contributed by atoms with van der Waals surface area (Å²) in [6, 6.07) is 0. The van der Waals surface area contributed by atoms with E-state index in [0.29, 0.717) is 6.42 Å². The van der Waals surface area contributed by atoms with Gasteiger partial charge in [-0.05, 0) is 73.0 Å². The molecule has 8 heteroatoms. The van der Waals surface area contributed by atoms with E-state index in [4.69, 9.17) is 9.90 Å². The van der Waals surface area contributed by atoms with Crippen LogP contribution in [0.5, 0.6) is 0 Å². The number of aliphatic hydroxyl groups excluding tert-OH is 2. The van der Waals surface area contributed by atoms with Crippen molar-refractivity contribution in [3.05, 3.63) is 36.5 Å². The molecule has 0 aromatic carbocycles. The molecule has 0 aliphatic heterocycles. The molecule has 0 saturated heterocycles. The number of halogens is 2.